The van der Waals surface area contributed by atoms with Crippen LogP contribution in [0.15, 0.2) is 42.6 Å². The molecule has 5 nitrogen and oxygen atoms in total. The van der Waals surface area contributed by atoms with E-state index in [-0.39, 0.29) is 0 Å². The first-order chi connectivity index (χ1) is 9.24. The number of hydrogen-bond donors (Lipinski definition) is 1. The van der Waals surface area contributed by atoms with Gasteiger partial charge in [0, 0.05) is 6.20 Å². The van der Waals surface area contributed by atoms with Crippen LogP contribution in [-0.2, 0) is 4.74 Å². The number of aromatic nitrogens is 1. The van der Waals surface area contributed by atoms with Crippen molar-refractivity contribution >= 4 is 17.5 Å². The Labute approximate surface area is 110 Å². The Morgan fingerprint density at radius 3 is 2.74 bits per heavy atom. The third-order valence-electron chi connectivity index (χ3n) is 2.49. The third-order valence-corrected chi connectivity index (χ3v) is 2.49. The van der Waals surface area contributed by atoms with Crippen molar-refractivity contribution in [1.82, 2.24) is 4.98 Å². The number of esters is 1. The summed E-state index contributed by atoms with van der Waals surface area (Å²) in [5, 5.41) is 11.7. The number of carbonyl (C=O) groups excluding carboxylic acids is 1. The number of anilines is 2. The summed E-state index contributed by atoms with van der Waals surface area (Å²) in [6.45, 7) is 0. The standard InChI is InChI=1S/C14H11N3O2/c1-19-14(18)11-4-2-3-5-12(11)17-13-7-6-10(8-15)9-16-13/h2-7,9H,1H3,(H,16,17). The van der Waals surface area contributed by atoms with Crippen molar-refractivity contribution in [2.75, 3.05) is 12.4 Å². The first kappa shape index (κ1) is 12.6. The third kappa shape index (κ3) is 2.87. The topological polar surface area (TPSA) is 75.0 Å². The van der Waals surface area contributed by atoms with E-state index in [0.29, 0.717) is 22.6 Å². The number of nitrogens with one attached hydrogen (secondary N) is 1. The van der Waals surface area contributed by atoms with Crippen LogP contribution in [0.1, 0.15) is 15.9 Å². The zero-order chi connectivity index (χ0) is 13.7. The lowest BCUT2D eigenvalue weighted by atomic mass is 10.2. The van der Waals surface area contributed by atoms with E-state index in [1.807, 2.05) is 6.07 Å². The first-order valence-corrected chi connectivity index (χ1v) is 5.55. The van der Waals surface area contributed by atoms with Crippen LogP contribution in [0.3, 0.4) is 0 Å². The lowest BCUT2D eigenvalue weighted by Gasteiger charge is -2.09. The summed E-state index contributed by atoms with van der Waals surface area (Å²) < 4.78 is 4.71. The van der Waals surface area contributed by atoms with Gasteiger partial charge in [0.25, 0.3) is 0 Å². The van der Waals surface area contributed by atoms with E-state index < -0.39 is 5.97 Å². The summed E-state index contributed by atoms with van der Waals surface area (Å²) in [4.78, 5) is 15.7. The van der Waals surface area contributed by atoms with Crippen molar-refractivity contribution in [3.63, 3.8) is 0 Å². The van der Waals surface area contributed by atoms with E-state index in [4.69, 9.17) is 10.00 Å². The largest absolute Gasteiger partial charge is 0.465 e. The van der Waals surface area contributed by atoms with Crippen LogP contribution in [0, 0.1) is 11.3 Å². The zero-order valence-electron chi connectivity index (χ0n) is 10.3. The molecule has 94 valence electrons. The van der Waals surface area contributed by atoms with E-state index in [1.54, 1.807) is 36.4 Å². The highest BCUT2D eigenvalue weighted by atomic mass is 16.5. The van der Waals surface area contributed by atoms with Crippen molar-refractivity contribution < 1.29 is 9.53 Å². The second kappa shape index (κ2) is 5.65. The van der Waals surface area contributed by atoms with Crippen molar-refractivity contribution in [3.05, 3.63) is 53.7 Å². The SMILES string of the molecule is COC(=O)c1ccccc1Nc1ccc(C#N)cn1. The minimum Gasteiger partial charge on any atom is -0.465 e. The van der Waals surface area contributed by atoms with Gasteiger partial charge in [-0.25, -0.2) is 9.78 Å². The molecule has 0 aliphatic carbocycles. The maximum atomic E-state index is 11.6. The van der Waals surface area contributed by atoms with Crippen LogP contribution < -0.4 is 5.32 Å². The van der Waals surface area contributed by atoms with Gasteiger partial charge in [0.2, 0.25) is 0 Å². The Morgan fingerprint density at radius 1 is 1.32 bits per heavy atom. The lowest BCUT2D eigenvalue weighted by molar-refractivity contribution is 0.0602. The van der Waals surface area contributed by atoms with Crippen LogP contribution in [0.5, 0.6) is 0 Å². The predicted molar refractivity (Wildman–Crippen MR) is 70.0 cm³/mol. The number of para-hydroxylation sites is 1. The fourth-order valence-electron chi connectivity index (χ4n) is 1.55. The molecule has 0 atom stereocenters. The number of pyridine rings is 1. The fourth-order valence-corrected chi connectivity index (χ4v) is 1.55. The molecule has 2 rings (SSSR count). The molecule has 0 spiro atoms. The molecule has 5 heteroatoms. The lowest BCUT2D eigenvalue weighted by Crippen LogP contribution is -2.05. The van der Waals surface area contributed by atoms with Crippen molar-refractivity contribution in [3.8, 4) is 6.07 Å². The van der Waals surface area contributed by atoms with Gasteiger partial charge in [-0.15, -0.1) is 0 Å². The van der Waals surface area contributed by atoms with Gasteiger partial charge >= 0.3 is 5.97 Å². The summed E-state index contributed by atoms with van der Waals surface area (Å²) in [6, 6.07) is 12.3. The average Bonchev–Trinajstić information content (AvgIpc) is 2.48. The van der Waals surface area contributed by atoms with E-state index in [9.17, 15) is 4.79 Å². The highest BCUT2D eigenvalue weighted by molar-refractivity contribution is 5.96. The predicted octanol–water partition coefficient (Wildman–Crippen LogP) is 2.48. The summed E-state index contributed by atoms with van der Waals surface area (Å²) >= 11 is 0. The second-order valence-electron chi connectivity index (χ2n) is 3.71. The van der Waals surface area contributed by atoms with Gasteiger partial charge in [-0.1, -0.05) is 12.1 Å². The molecular weight excluding hydrogens is 242 g/mol. The zero-order valence-corrected chi connectivity index (χ0v) is 10.3. The van der Waals surface area contributed by atoms with E-state index in [1.165, 1.54) is 13.3 Å². The van der Waals surface area contributed by atoms with Gasteiger partial charge in [-0.05, 0) is 24.3 Å². The number of nitriles is 1. The Morgan fingerprint density at radius 2 is 2.11 bits per heavy atom. The molecule has 2 aromatic rings. The molecule has 0 aliphatic heterocycles. The smallest absolute Gasteiger partial charge is 0.339 e. The van der Waals surface area contributed by atoms with E-state index in [2.05, 4.69) is 10.3 Å². The van der Waals surface area contributed by atoms with Crippen molar-refractivity contribution in [1.29, 1.82) is 5.26 Å². The molecular formula is C14H11N3O2. The highest BCUT2D eigenvalue weighted by Crippen LogP contribution is 2.20. The molecule has 1 N–H and O–H groups in total. The van der Waals surface area contributed by atoms with Gasteiger partial charge in [-0.3, -0.25) is 0 Å². The highest BCUT2D eigenvalue weighted by Gasteiger charge is 2.11. The van der Waals surface area contributed by atoms with Gasteiger partial charge in [0.15, 0.2) is 0 Å². The van der Waals surface area contributed by atoms with Crippen LogP contribution in [-0.4, -0.2) is 18.1 Å². The molecule has 0 unspecified atom stereocenters. The minimum absolute atomic E-state index is 0.420. The van der Waals surface area contributed by atoms with Gasteiger partial charge < -0.3 is 10.1 Å². The summed E-state index contributed by atoms with van der Waals surface area (Å²) in [5.41, 5.74) is 1.51. The Bertz CT molecular complexity index is 630. The summed E-state index contributed by atoms with van der Waals surface area (Å²) in [5.74, 6) is 0.132. The number of ether oxygens (including phenoxy) is 1. The van der Waals surface area contributed by atoms with Gasteiger partial charge in [0.1, 0.15) is 11.9 Å². The quantitative estimate of drug-likeness (QED) is 0.850. The monoisotopic (exact) mass is 253 g/mol. The normalized spacial score (nSPS) is 9.47. The number of nitrogens with zero attached hydrogens (tertiary/aromatic N) is 2. The van der Waals surface area contributed by atoms with Crippen molar-refractivity contribution in [2.24, 2.45) is 0 Å². The van der Waals surface area contributed by atoms with Crippen molar-refractivity contribution in [2.45, 2.75) is 0 Å². The summed E-state index contributed by atoms with van der Waals surface area (Å²) in [6.07, 6.45) is 1.46. The molecule has 0 bridgehead atoms. The molecule has 1 heterocycles. The first-order valence-electron chi connectivity index (χ1n) is 5.55. The van der Waals surface area contributed by atoms with Crippen LogP contribution in [0.25, 0.3) is 0 Å². The van der Waals surface area contributed by atoms with Gasteiger partial charge in [0.05, 0.1) is 23.9 Å². The average molecular weight is 253 g/mol. The number of methoxy groups -OCH3 is 1. The maximum absolute atomic E-state index is 11.6. The molecule has 0 aliphatic rings. The Balaban J connectivity index is 2.28. The molecule has 1 aromatic carbocycles. The number of benzene rings is 1. The van der Waals surface area contributed by atoms with E-state index >= 15 is 0 Å². The molecule has 0 amide bonds. The number of rotatable bonds is 3. The minimum atomic E-state index is -0.420. The molecule has 0 saturated carbocycles. The molecule has 19 heavy (non-hydrogen) atoms. The number of hydrogen-bond acceptors (Lipinski definition) is 5. The molecule has 0 saturated heterocycles. The maximum Gasteiger partial charge on any atom is 0.339 e. The van der Waals surface area contributed by atoms with Gasteiger partial charge in [-0.2, -0.15) is 5.26 Å². The number of carbonyl (C=O) groups is 1. The van der Waals surface area contributed by atoms with Crippen LogP contribution in [0.4, 0.5) is 11.5 Å². The molecule has 0 radical (unpaired) electrons. The van der Waals surface area contributed by atoms with E-state index in [0.717, 1.165) is 0 Å². The molecule has 0 fully saturated rings. The second-order valence-corrected chi connectivity index (χ2v) is 3.71. The Hall–Kier alpha value is -2.87. The molecule has 1 aromatic heterocycles. The summed E-state index contributed by atoms with van der Waals surface area (Å²) in [7, 11) is 1.33. The van der Waals surface area contributed by atoms with Crippen LogP contribution >= 0.6 is 0 Å². The van der Waals surface area contributed by atoms with Crippen LogP contribution in [0.2, 0.25) is 0 Å². The fraction of sp³-hybridized carbons (Fsp3) is 0.0714. The Kier molecular flexibility index (Phi) is 3.74.